The summed E-state index contributed by atoms with van der Waals surface area (Å²) in [6, 6.07) is -1.25. The van der Waals surface area contributed by atoms with Crippen LogP contribution >= 0.6 is 0 Å². The van der Waals surface area contributed by atoms with Gasteiger partial charge in [0.05, 0.1) is 13.2 Å². The van der Waals surface area contributed by atoms with Crippen molar-refractivity contribution in [3.8, 4) is 0 Å². The predicted molar refractivity (Wildman–Crippen MR) is 88.6 cm³/mol. The van der Waals surface area contributed by atoms with Gasteiger partial charge in [-0.1, -0.05) is 0 Å². The number of hydrogen-bond acceptors (Lipinski definition) is 11. The largest absolute Gasteiger partial charge is 0.412 e. The second-order valence-electron chi connectivity index (χ2n) is 6.48. The first-order chi connectivity index (χ1) is 12.7. The zero-order chi connectivity index (χ0) is 20.3. The molecule has 0 radical (unpaired) electrons. The number of nitrogens with one attached hydrogen (secondary N) is 1. The lowest BCUT2D eigenvalue weighted by atomic mass is 9.95. The van der Waals surface area contributed by atoms with Crippen molar-refractivity contribution < 1.29 is 59.9 Å². The summed E-state index contributed by atoms with van der Waals surface area (Å²) in [6.07, 6.45) is -12.4. The molecule has 13 nitrogen and oxygen atoms in total. The molecule has 0 saturated carbocycles. The fourth-order valence-corrected chi connectivity index (χ4v) is 3.16. The summed E-state index contributed by atoms with van der Waals surface area (Å²) in [5.41, 5.74) is 0. The molecule has 0 aromatic heterocycles. The maximum absolute atomic E-state index is 11.4. The first-order valence-corrected chi connectivity index (χ1v) is 8.45. The van der Waals surface area contributed by atoms with Gasteiger partial charge in [-0.05, 0) is 0 Å². The first kappa shape index (κ1) is 25.1. The number of methoxy groups -OCH3 is 1. The Hall–Kier alpha value is -0.970. The predicted octanol–water partition coefficient (Wildman–Crippen LogP) is -5.42. The molecule has 1 amide bonds. The number of carbonyl (C=O) groups is 1. The van der Waals surface area contributed by atoms with E-state index in [1.54, 1.807) is 0 Å². The van der Waals surface area contributed by atoms with E-state index in [1.165, 1.54) is 14.0 Å². The van der Waals surface area contributed by atoms with Crippen molar-refractivity contribution in [3.05, 3.63) is 0 Å². The van der Waals surface area contributed by atoms with Crippen LogP contribution in [0.4, 0.5) is 0 Å². The second-order valence-corrected chi connectivity index (χ2v) is 6.48. The molecule has 28 heavy (non-hydrogen) atoms. The van der Waals surface area contributed by atoms with E-state index in [9.17, 15) is 35.4 Å². The summed E-state index contributed by atoms with van der Waals surface area (Å²) in [6.45, 7) is -0.0663. The van der Waals surface area contributed by atoms with Gasteiger partial charge in [-0.15, -0.1) is 0 Å². The number of carbonyl (C=O) groups excluding carboxylic acids is 1. The van der Waals surface area contributed by atoms with Crippen molar-refractivity contribution in [2.45, 2.75) is 68.3 Å². The van der Waals surface area contributed by atoms with Crippen molar-refractivity contribution in [3.63, 3.8) is 0 Å². The summed E-state index contributed by atoms with van der Waals surface area (Å²) in [7, 11) is 1.25. The molecule has 2 aliphatic rings. The van der Waals surface area contributed by atoms with Crippen LogP contribution in [-0.2, 0) is 23.7 Å². The van der Waals surface area contributed by atoms with E-state index in [2.05, 4.69) is 5.32 Å². The Balaban J connectivity index is 0.00000392. The van der Waals surface area contributed by atoms with Gasteiger partial charge in [0.25, 0.3) is 0 Å². The van der Waals surface area contributed by atoms with Crippen LogP contribution in [0.5, 0.6) is 0 Å². The topological polar surface area (TPSA) is 219 Å². The van der Waals surface area contributed by atoms with Crippen LogP contribution in [0.2, 0.25) is 0 Å². The molecule has 10 atom stereocenters. The smallest absolute Gasteiger partial charge is 0.217 e. The maximum atomic E-state index is 11.4. The number of aliphatic hydroxyl groups excluding tert-OH is 6. The minimum atomic E-state index is -1.56. The van der Waals surface area contributed by atoms with E-state index in [0.717, 1.165) is 0 Å². The molecule has 0 aromatic carbocycles. The average molecular weight is 415 g/mol. The van der Waals surface area contributed by atoms with Crippen LogP contribution in [0.1, 0.15) is 6.92 Å². The van der Waals surface area contributed by atoms with Gasteiger partial charge in [0.15, 0.2) is 12.6 Å². The SMILES string of the molecule is CO[C@@H]1O[C@H](CO)[C@@H](O[C@@H]2O[C@H](CO)[C@@H](O)[C@H](O)[C@H]2NC(C)=O)[C@H](O)[C@@H]1O.O. The Morgan fingerprint density at radius 2 is 1.50 bits per heavy atom. The van der Waals surface area contributed by atoms with Crippen LogP contribution in [0, 0.1) is 0 Å². The summed E-state index contributed by atoms with van der Waals surface area (Å²) < 4.78 is 21.2. The minimum Gasteiger partial charge on any atom is -0.412 e. The lowest BCUT2D eigenvalue weighted by Crippen LogP contribution is -2.67. The molecule has 0 aliphatic carbocycles. The van der Waals surface area contributed by atoms with E-state index in [0.29, 0.717) is 0 Å². The number of aliphatic hydroxyl groups is 6. The van der Waals surface area contributed by atoms with E-state index >= 15 is 0 Å². The van der Waals surface area contributed by atoms with Crippen LogP contribution in [0.15, 0.2) is 0 Å². The van der Waals surface area contributed by atoms with Crippen molar-refractivity contribution >= 4 is 5.91 Å². The Labute approximate surface area is 160 Å². The quantitative estimate of drug-likeness (QED) is 0.217. The normalized spacial score (nSPS) is 43.9. The third-order valence-corrected chi connectivity index (χ3v) is 4.59. The fourth-order valence-electron chi connectivity index (χ4n) is 3.16. The van der Waals surface area contributed by atoms with Gasteiger partial charge < -0.3 is 60.4 Å². The highest BCUT2D eigenvalue weighted by atomic mass is 16.7. The van der Waals surface area contributed by atoms with E-state index in [-0.39, 0.29) is 5.48 Å². The zero-order valence-electron chi connectivity index (χ0n) is 15.4. The Bertz CT molecular complexity index is 494. The molecule has 0 spiro atoms. The maximum Gasteiger partial charge on any atom is 0.217 e. The molecule has 166 valence electrons. The average Bonchev–Trinajstić information content (AvgIpc) is 2.64. The molecular weight excluding hydrogens is 386 g/mol. The monoisotopic (exact) mass is 415 g/mol. The molecule has 13 heteroatoms. The second kappa shape index (κ2) is 10.7. The highest BCUT2D eigenvalue weighted by Gasteiger charge is 2.51. The van der Waals surface area contributed by atoms with Gasteiger partial charge >= 0.3 is 0 Å². The molecule has 2 heterocycles. The zero-order valence-corrected chi connectivity index (χ0v) is 15.4. The lowest BCUT2D eigenvalue weighted by Gasteiger charge is -2.46. The molecular formula is C15H29NO12. The van der Waals surface area contributed by atoms with Gasteiger partial charge in [0.2, 0.25) is 5.91 Å². The van der Waals surface area contributed by atoms with Crippen LogP contribution in [0.25, 0.3) is 0 Å². The highest BCUT2D eigenvalue weighted by molar-refractivity contribution is 5.73. The molecule has 0 aromatic rings. The van der Waals surface area contributed by atoms with Gasteiger partial charge in [-0.2, -0.15) is 0 Å². The summed E-state index contributed by atoms with van der Waals surface area (Å²) in [5, 5.41) is 61.8. The van der Waals surface area contributed by atoms with Crippen molar-refractivity contribution in [1.82, 2.24) is 5.32 Å². The van der Waals surface area contributed by atoms with Gasteiger partial charge in [0, 0.05) is 14.0 Å². The molecule has 2 aliphatic heterocycles. The minimum absolute atomic E-state index is 0. The van der Waals surface area contributed by atoms with Gasteiger partial charge in [0.1, 0.15) is 48.8 Å². The molecule has 0 bridgehead atoms. The number of rotatable bonds is 6. The highest BCUT2D eigenvalue weighted by Crippen LogP contribution is 2.29. The van der Waals surface area contributed by atoms with Crippen molar-refractivity contribution in [2.75, 3.05) is 20.3 Å². The number of amides is 1. The van der Waals surface area contributed by atoms with Crippen molar-refractivity contribution in [2.24, 2.45) is 0 Å². The third-order valence-electron chi connectivity index (χ3n) is 4.59. The van der Waals surface area contributed by atoms with Crippen LogP contribution < -0.4 is 5.32 Å². The van der Waals surface area contributed by atoms with Crippen molar-refractivity contribution in [1.29, 1.82) is 0 Å². The summed E-state index contributed by atoms with van der Waals surface area (Å²) in [4.78, 5) is 11.4. The van der Waals surface area contributed by atoms with E-state index < -0.39 is 80.5 Å². The first-order valence-electron chi connectivity index (χ1n) is 8.45. The van der Waals surface area contributed by atoms with Crippen LogP contribution in [0.3, 0.4) is 0 Å². The fraction of sp³-hybridized carbons (Fsp3) is 0.933. The molecule has 0 unspecified atom stereocenters. The van der Waals surface area contributed by atoms with E-state index in [4.69, 9.17) is 18.9 Å². The van der Waals surface area contributed by atoms with E-state index in [1.807, 2.05) is 0 Å². The molecule has 9 N–H and O–H groups in total. The number of ether oxygens (including phenoxy) is 4. The third kappa shape index (κ3) is 5.14. The summed E-state index contributed by atoms with van der Waals surface area (Å²) >= 11 is 0. The number of hydrogen-bond donors (Lipinski definition) is 7. The van der Waals surface area contributed by atoms with Crippen LogP contribution in [-0.4, -0.2) is 124 Å². The lowest BCUT2D eigenvalue weighted by molar-refractivity contribution is -0.344. The van der Waals surface area contributed by atoms with Gasteiger partial charge in [-0.3, -0.25) is 4.79 Å². The summed E-state index contributed by atoms with van der Waals surface area (Å²) in [5.74, 6) is -0.551. The molecule has 2 rings (SSSR count). The standard InChI is InChI=1S/C15H27NO11.H2O/c1-5(19)16-8-10(21)9(20)6(3-17)25-14(8)27-13-7(4-18)26-15(24-2)12(23)11(13)22;/h6-15,17-18,20-23H,3-4H2,1-2H3,(H,16,19);1H2/t6-,7-,8-,9-,10-,11-,12+,13-,14+,15-;/m1./s1. The Morgan fingerprint density at radius 1 is 0.929 bits per heavy atom. The van der Waals surface area contributed by atoms with Gasteiger partial charge in [-0.25, -0.2) is 0 Å². The Morgan fingerprint density at radius 3 is 2.00 bits per heavy atom. The molecule has 2 saturated heterocycles. The Kier molecular flexibility index (Phi) is 9.58. The molecule has 2 fully saturated rings.